The molecule has 1 aliphatic rings. The lowest BCUT2D eigenvalue weighted by Gasteiger charge is -2.37. The van der Waals surface area contributed by atoms with Crippen molar-refractivity contribution in [1.82, 2.24) is 20.4 Å². The highest BCUT2D eigenvalue weighted by atomic mass is 127. The van der Waals surface area contributed by atoms with Gasteiger partial charge < -0.3 is 20.0 Å². The molecule has 2 heterocycles. The molecule has 1 atom stereocenters. The Morgan fingerprint density at radius 2 is 2.18 bits per heavy atom. The second-order valence-corrected chi connectivity index (χ2v) is 5.55. The molecule has 1 aromatic heterocycles. The van der Waals surface area contributed by atoms with Gasteiger partial charge in [-0.1, -0.05) is 0 Å². The molecule has 1 aliphatic heterocycles. The molecule has 0 amide bonds. The Balaban J connectivity index is 0.00000242. The van der Waals surface area contributed by atoms with Gasteiger partial charge in [0.15, 0.2) is 5.96 Å². The minimum atomic E-state index is 0. The Kier molecular flexibility index (Phi) is 8.81. The van der Waals surface area contributed by atoms with Crippen LogP contribution in [-0.4, -0.2) is 68.6 Å². The summed E-state index contributed by atoms with van der Waals surface area (Å²) in [6.45, 7) is 7.71. The third-order valence-electron chi connectivity index (χ3n) is 3.80. The second kappa shape index (κ2) is 10.1. The first kappa shape index (κ1) is 19.2. The Morgan fingerprint density at radius 1 is 1.36 bits per heavy atom. The van der Waals surface area contributed by atoms with Gasteiger partial charge in [-0.3, -0.25) is 4.90 Å². The number of likely N-dealkylation sites (N-methyl/N-ethyl adjacent to an activating group) is 2. The predicted octanol–water partition coefficient (Wildman–Crippen LogP) is 1.20. The Bertz CT molecular complexity index is 437. The molecule has 1 fully saturated rings. The van der Waals surface area contributed by atoms with Crippen LogP contribution in [-0.2, 0) is 6.54 Å². The lowest BCUT2D eigenvalue weighted by Crippen LogP contribution is -2.55. The number of guanidine groups is 1. The zero-order valence-corrected chi connectivity index (χ0v) is 16.0. The summed E-state index contributed by atoms with van der Waals surface area (Å²) in [6.07, 6.45) is 1.68. The number of rotatable bonds is 5. The van der Waals surface area contributed by atoms with Crippen LogP contribution in [0.3, 0.4) is 0 Å². The molecule has 0 spiro atoms. The van der Waals surface area contributed by atoms with E-state index in [4.69, 9.17) is 4.42 Å². The molecular weight excluding hydrogens is 393 g/mol. The smallest absolute Gasteiger partial charge is 0.191 e. The zero-order valence-electron chi connectivity index (χ0n) is 13.7. The summed E-state index contributed by atoms with van der Waals surface area (Å²) < 4.78 is 5.31. The standard InChI is InChI=1S/C15H27N5O.HI/c1-4-16-15(18-11-14-6-5-9-21-14)17-10-13-12-19(2)7-8-20(13)3;/h5-6,9,13H,4,7-8,10-12H2,1-3H3,(H2,16,17,18);1H. The van der Waals surface area contributed by atoms with E-state index in [1.54, 1.807) is 6.26 Å². The van der Waals surface area contributed by atoms with Crippen molar-refractivity contribution in [3.8, 4) is 0 Å². The average Bonchev–Trinajstić information content (AvgIpc) is 2.98. The minimum Gasteiger partial charge on any atom is -0.467 e. The van der Waals surface area contributed by atoms with Crippen LogP contribution in [0, 0.1) is 0 Å². The first-order valence-corrected chi connectivity index (χ1v) is 7.62. The quantitative estimate of drug-likeness (QED) is 0.425. The van der Waals surface area contributed by atoms with Crippen LogP contribution in [0.2, 0.25) is 0 Å². The fourth-order valence-electron chi connectivity index (χ4n) is 2.44. The van der Waals surface area contributed by atoms with Crippen LogP contribution in [0.5, 0.6) is 0 Å². The highest BCUT2D eigenvalue weighted by Crippen LogP contribution is 2.05. The molecule has 2 rings (SSSR count). The molecule has 22 heavy (non-hydrogen) atoms. The fraction of sp³-hybridized carbons (Fsp3) is 0.667. The zero-order chi connectivity index (χ0) is 15.1. The molecule has 2 N–H and O–H groups in total. The summed E-state index contributed by atoms with van der Waals surface area (Å²) in [5, 5.41) is 6.71. The van der Waals surface area contributed by atoms with E-state index in [0.29, 0.717) is 12.6 Å². The molecule has 7 heteroatoms. The summed E-state index contributed by atoms with van der Waals surface area (Å²) in [7, 11) is 4.36. The Morgan fingerprint density at radius 3 is 2.86 bits per heavy atom. The number of aliphatic imine (C=N–C) groups is 1. The first-order valence-electron chi connectivity index (χ1n) is 7.62. The van der Waals surface area contributed by atoms with E-state index >= 15 is 0 Å². The maximum atomic E-state index is 5.31. The topological polar surface area (TPSA) is 56.0 Å². The first-order chi connectivity index (χ1) is 10.2. The summed E-state index contributed by atoms with van der Waals surface area (Å²) in [6, 6.07) is 4.34. The number of nitrogens with zero attached hydrogens (tertiary/aromatic N) is 3. The maximum absolute atomic E-state index is 5.31. The molecule has 0 aliphatic carbocycles. The number of piperazine rings is 1. The van der Waals surface area contributed by atoms with Gasteiger partial charge in [-0.25, -0.2) is 4.99 Å². The van der Waals surface area contributed by atoms with Crippen molar-refractivity contribution in [3.05, 3.63) is 24.2 Å². The minimum absolute atomic E-state index is 0. The number of hydrogen-bond acceptors (Lipinski definition) is 4. The number of nitrogens with one attached hydrogen (secondary N) is 2. The molecular formula is C15H28IN5O. The van der Waals surface area contributed by atoms with Crippen molar-refractivity contribution >= 4 is 29.9 Å². The van der Waals surface area contributed by atoms with Crippen LogP contribution < -0.4 is 10.6 Å². The summed E-state index contributed by atoms with van der Waals surface area (Å²) >= 11 is 0. The molecule has 0 radical (unpaired) electrons. The van der Waals surface area contributed by atoms with E-state index in [1.165, 1.54) is 0 Å². The fourth-order valence-corrected chi connectivity index (χ4v) is 2.44. The summed E-state index contributed by atoms with van der Waals surface area (Å²) in [5.41, 5.74) is 0. The monoisotopic (exact) mass is 421 g/mol. The van der Waals surface area contributed by atoms with Crippen molar-refractivity contribution < 1.29 is 4.42 Å². The molecule has 1 aromatic rings. The number of furan rings is 1. The van der Waals surface area contributed by atoms with E-state index in [1.807, 2.05) is 12.1 Å². The van der Waals surface area contributed by atoms with Crippen molar-refractivity contribution in [2.75, 3.05) is 46.8 Å². The molecule has 0 bridgehead atoms. The van der Waals surface area contributed by atoms with Gasteiger partial charge in [0.05, 0.1) is 6.26 Å². The Labute approximate surface area is 150 Å². The van der Waals surface area contributed by atoms with E-state index < -0.39 is 0 Å². The SMILES string of the molecule is CCNC(=NCc1ccco1)NCC1CN(C)CCN1C.I. The molecule has 126 valence electrons. The van der Waals surface area contributed by atoms with Crippen molar-refractivity contribution in [3.63, 3.8) is 0 Å². The lowest BCUT2D eigenvalue weighted by atomic mass is 10.2. The summed E-state index contributed by atoms with van der Waals surface area (Å²) in [4.78, 5) is 9.33. The third-order valence-corrected chi connectivity index (χ3v) is 3.80. The van der Waals surface area contributed by atoms with Crippen LogP contribution in [0.25, 0.3) is 0 Å². The van der Waals surface area contributed by atoms with Gasteiger partial charge in [0.2, 0.25) is 0 Å². The maximum Gasteiger partial charge on any atom is 0.191 e. The molecule has 0 saturated carbocycles. The van der Waals surface area contributed by atoms with Crippen LogP contribution in [0.4, 0.5) is 0 Å². The van der Waals surface area contributed by atoms with E-state index in [9.17, 15) is 0 Å². The van der Waals surface area contributed by atoms with E-state index in [0.717, 1.165) is 44.4 Å². The van der Waals surface area contributed by atoms with Gasteiger partial charge in [-0.2, -0.15) is 0 Å². The van der Waals surface area contributed by atoms with Crippen LogP contribution in [0.1, 0.15) is 12.7 Å². The van der Waals surface area contributed by atoms with Crippen molar-refractivity contribution in [1.29, 1.82) is 0 Å². The molecule has 6 nitrogen and oxygen atoms in total. The van der Waals surface area contributed by atoms with E-state index in [-0.39, 0.29) is 24.0 Å². The highest BCUT2D eigenvalue weighted by Gasteiger charge is 2.21. The second-order valence-electron chi connectivity index (χ2n) is 5.55. The normalized spacial score (nSPS) is 20.5. The van der Waals surface area contributed by atoms with Gasteiger partial charge >= 0.3 is 0 Å². The van der Waals surface area contributed by atoms with Crippen LogP contribution >= 0.6 is 24.0 Å². The van der Waals surface area contributed by atoms with Crippen molar-refractivity contribution in [2.24, 2.45) is 4.99 Å². The third kappa shape index (κ3) is 6.13. The molecule has 0 aromatic carbocycles. The number of hydrogen-bond donors (Lipinski definition) is 2. The Hall–Kier alpha value is -0.800. The highest BCUT2D eigenvalue weighted by molar-refractivity contribution is 14.0. The van der Waals surface area contributed by atoms with Gasteiger partial charge in [0.25, 0.3) is 0 Å². The largest absolute Gasteiger partial charge is 0.467 e. The summed E-state index contributed by atoms with van der Waals surface area (Å²) in [5.74, 6) is 1.72. The van der Waals surface area contributed by atoms with Gasteiger partial charge in [-0.15, -0.1) is 24.0 Å². The average molecular weight is 421 g/mol. The number of halogens is 1. The van der Waals surface area contributed by atoms with Gasteiger partial charge in [-0.05, 0) is 33.2 Å². The van der Waals surface area contributed by atoms with Crippen LogP contribution in [0.15, 0.2) is 27.8 Å². The van der Waals surface area contributed by atoms with E-state index in [2.05, 4.69) is 46.4 Å². The van der Waals surface area contributed by atoms with Crippen molar-refractivity contribution in [2.45, 2.75) is 19.5 Å². The van der Waals surface area contributed by atoms with Gasteiger partial charge in [0, 0.05) is 38.8 Å². The van der Waals surface area contributed by atoms with Gasteiger partial charge in [0.1, 0.15) is 12.3 Å². The molecule has 1 unspecified atom stereocenters. The molecule has 1 saturated heterocycles. The predicted molar refractivity (Wildman–Crippen MR) is 101 cm³/mol. The lowest BCUT2D eigenvalue weighted by molar-refractivity contribution is 0.116.